The SMILES string of the molecule is CC(C)c1cc(N)n(-c2cc(F)cc(F)c2)n1. The quantitative estimate of drug-likeness (QED) is 0.872. The molecule has 0 aliphatic rings. The fraction of sp³-hybridized carbons (Fsp3) is 0.250. The third-order valence-electron chi connectivity index (χ3n) is 2.44. The minimum Gasteiger partial charge on any atom is -0.384 e. The Hall–Kier alpha value is -1.91. The number of nitrogens with zero attached hydrogens (tertiary/aromatic N) is 2. The summed E-state index contributed by atoms with van der Waals surface area (Å²) in [6.45, 7) is 3.94. The molecule has 0 radical (unpaired) electrons. The Morgan fingerprint density at radius 1 is 1.12 bits per heavy atom. The van der Waals surface area contributed by atoms with Crippen molar-refractivity contribution in [2.75, 3.05) is 5.73 Å². The van der Waals surface area contributed by atoms with Gasteiger partial charge in [-0.2, -0.15) is 5.10 Å². The maximum Gasteiger partial charge on any atom is 0.128 e. The molecule has 17 heavy (non-hydrogen) atoms. The van der Waals surface area contributed by atoms with Gasteiger partial charge >= 0.3 is 0 Å². The summed E-state index contributed by atoms with van der Waals surface area (Å²) in [6, 6.07) is 4.90. The van der Waals surface area contributed by atoms with Crippen molar-refractivity contribution in [2.45, 2.75) is 19.8 Å². The number of nitrogens with two attached hydrogens (primary N) is 1. The molecular weight excluding hydrogens is 224 g/mol. The molecule has 90 valence electrons. The van der Waals surface area contributed by atoms with Crippen LogP contribution in [0.1, 0.15) is 25.5 Å². The van der Waals surface area contributed by atoms with Gasteiger partial charge in [-0.15, -0.1) is 0 Å². The predicted octanol–water partition coefficient (Wildman–Crippen LogP) is 2.86. The Morgan fingerprint density at radius 3 is 2.18 bits per heavy atom. The van der Waals surface area contributed by atoms with E-state index < -0.39 is 11.6 Å². The number of aromatic nitrogens is 2. The lowest BCUT2D eigenvalue weighted by Gasteiger charge is -2.04. The Bertz CT molecular complexity index is 526. The molecule has 5 heteroatoms. The zero-order valence-electron chi connectivity index (χ0n) is 9.61. The van der Waals surface area contributed by atoms with E-state index in [-0.39, 0.29) is 11.6 Å². The maximum atomic E-state index is 13.1. The van der Waals surface area contributed by atoms with Crippen molar-refractivity contribution in [2.24, 2.45) is 0 Å². The van der Waals surface area contributed by atoms with E-state index in [0.29, 0.717) is 5.82 Å². The minimum absolute atomic E-state index is 0.206. The summed E-state index contributed by atoms with van der Waals surface area (Å²) in [6.07, 6.45) is 0. The molecule has 0 unspecified atom stereocenters. The van der Waals surface area contributed by atoms with Gasteiger partial charge in [0.1, 0.15) is 17.5 Å². The van der Waals surface area contributed by atoms with Gasteiger partial charge in [0.15, 0.2) is 0 Å². The second-order valence-electron chi connectivity index (χ2n) is 4.19. The highest BCUT2D eigenvalue weighted by Crippen LogP contribution is 2.20. The normalized spacial score (nSPS) is 11.1. The largest absolute Gasteiger partial charge is 0.384 e. The van der Waals surface area contributed by atoms with Crippen LogP contribution < -0.4 is 5.73 Å². The molecule has 3 nitrogen and oxygen atoms in total. The van der Waals surface area contributed by atoms with E-state index in [9.17, 15) is 8.78 Å². The average molecular weight is 237 g/mol. The molecule has 0 aliphatic heterocycles. The molecular formula is C12H13F2N3. The molecule has 0 spiro atoms. The monoisotopic (exact) mass is 237 g/mol. The molecule has 2 rings (SSSR count). The molecule has 0 bridgehead atoms. The number of hydrogen-bond acceptors (Lipinski definition) is 2. The molecule has 1 aromatic carbocycles. The van der Waals surface area contributed by atoms with Gasteiger partial charge in [-0.3, -0.25) is 0 Å². The molecule has 0 atom stereocenters. The van der Waals surface area contributed by atoms with Gasteiger partial charge in [-0.25, -0.2) is 13.5 Å². The van der Waals surface area contributed by atoms with Crippen molar-refractivity contribution >= 4 is 5.82 Å². The third kappa shape index (κ3) is 2.27. The van der Waals surface area contributed by atoms with E-state index in [0.717, 1.165) is 11.8 Å². The number of anilines is 1. The Balaban J connectivity index is 2.52. The molecule has 1 aromatic heterocycles. The molecule has 0 aliphatic carbocycles. The highest BCUT2D eigenvalue weighted by molar-refractivity contribution is 5.43. The van der Waals surface area contributed by atoms with Crippen LogP contribution in [0.3, 0.4) is 0 Å². The second kappa shape index (κ2) is 4.16. The average Bonchev–Trinajstić information content (AvgIpc) is 2.59. The van der Waals surface area contributed by atoms with Gasteiger partial charge in [0.2, 0.25) is 0 Å². The van der Waals surface area contributed by atoms with E-state index in [4.69, 9.17) is 5.73 Å². The molecule has 0 saturated carbocycles. The van der Waals surface area contributed by atoms with Crippen LogP contribution in [0, 0.1) is 11.6 Å². The lowest BCUT2D eigenvalue weighted by Crippen LogP contribution is -2.03. The first-order valence-electron chi connectivity index (χ1n) is 5.29. The molecule has 2 aromatic rings. The van der Waals surface area contributed by atoms with E-state index in [1.165, 1.54) is 16.8 Å². The summed E-state index contributed by atoms with van der Waals surface area (Å²) >= 11 is 0. The van der Waals surface area contributed by atoms with Crippen LogP contribution >= 0.6 is 0 Å². The molecule has 1 heterocycles. The highest BCUT2D eigenvalue weighted by atomic mass is 19.1. The molecule has 2 N–H and O–H groups in total. The fourth-order valence-electron chi connectivity index (χ4n) is 1.57. The van der Waals surface area contributed by atoms with Crippen LogP contribution in [0.2, 0.25) is 0 Å². The Morgan fingerprint density at radius 2 is 1.71 bits per heavy atom. The summed E-state index contributed by atoms with van der Waals surface area (Å²) in [7, 11) is 0. The van der Waals surface area contributed by atoms with E-state index in [1.54, 1.807) is 6.07 Å². The Labute approximate surface area is 97.9 Å². The van der Waals surface area contributed by atoms with Gasteiger partial charge in [0.05, 0.1) is 11.4 Å². The van der Waals surface area contributed by atoms with Crippen molar-refractivity contribution in [3.8, 4) is 5.69 Å². The smallest absolute Gasteiger partial charge is 0.128 e. The number of benzene rings is 1. The van der Waals surface area contributed by atoms with Crippen molar-refractivity contribution in [3.63, 3.8) is 0 Å². The van der Waals surface area contributed by atoms with Crippen LogP contribution in [0.4, 0.5) is 14.6 Å². The first kappa shape index (κ1) is 11.6. The summed E-state index contributed by atoms with van der Waals surface area (Å²) in [5.74, 6) is -0.738. The van der Waals surface area contributed by atoms with Crippen molar-refractivity contribution in [3.05, 3.63) is 41.6 Å². The minimum atomic E-state index is -0.652. The standard InChI is InChI=1S/C12H13F2N3/c1-7(2)11-6-12(15)17(16-11)10-4-8(13)3-9(14)5-10/h3-7H,15H2,1-2H3. The van der Waals surface area contributed by atoms with Gasteiger partial charge < -0.3 is 5.73 Å². The molecule has 0 amide bonds. The first-order chi connectivity index (χ1) is 7.97. The lowest BCUT2D eigenvalue weighted by molar-refractivity contribution is 0.580. The number of rotatable bonds is 2. The van der Waals surface area contributed by atoms with Crippen LogP contribution in [-0.4, -0.2) is 9.78 Å². The highest BCUT2D eigenvalue weighted by Gasteiger charge is 2.11. The fourth-order valence-corrected chi connectivity index (χ4v) is 1.57. The van der Waals surface area contributed by atoms with Crippen molar-refractivity contribution in [1.29, 1.82) is 0 Å². The van der Waals surface area contributed by atoms with Crippen molar-refractivity contribution in [1.82, 2.24) is 9.78 Å². The number of nitrogen functional groups attached to an aromatic ring is 1. The lowest BCUT2D eigenvalue weighted by atomic mass is 10.1. The number of halogens is 2. The number of hydrogen-bond donors (Lipinski definition) is 1. The Kier molecular flexibility index (Phi) is 2.83. The van der Waals surface area contributed by atoms with Gasteiger partial charge in [0.25, 0.3) is 0 Å². The topological polar surface area (TPSA) is 43.8 Å². The zero-order chi connectivity index (χ0) is 12.6. The van der Waals surface area contributed by atoms with Crippen LogP contribution in [0.25, 0.3) is 5.69 Å². The summed E-state index contributed by atoms with van der Waals surface area (Å²) in [4.78, 5) is 0. The maximum absolute atomic E-state index is 13.1. The van der Waals surface area contributed by atoms with Gasteiger partial charge in [0, 0.05) is 12.1 Å². The summed E-state index contributed by atoms with van der Waals surface area (Å²) in [5, 5.41) is 4.22. The third-order valence-corrected chi connectivity index (χ3v) is 2.44. The van der Waals surface area contributed by atoms with Crippen LogP contribution in [0.15, 0.2) is 24.3 Å². The first-order valence-corrected chi connectivity index (χ1v) is 5.29. The zero-order valence-corrected chi connectivity index (χ0v) is 9.61. The van der Waals surface area contributed by atoms with E-state index >= 15 is 0 Å². The van der Waals surface area contributed by atoms with Crippen LogP contribution in [0.5, 0.6) is 0 Å². The second-order valence-corrected chi connectivity index (χ2v) is 4.19. The van der Waals surface area contributed by atoms with E-state index in [1.807, 2.05) is 13.8 Å². The summed E-state index contributed by atoms with van der Waals surface area (Å²) < 4.78 is 27.5. The predicted molar refractivity (Wildman–Crippen MR) is 62.0 cm³/mol. The molecule has 0 fully saturated rings. The van der Waals surface area contributed by atoms with E-state index in [2.05, 4.69) is 5.10 Å². The van der Waals surface area contributed by atoms with Crippen molar-refractivity contribution < 1.29 is 8.78 Å². The van der Waals surface area contributed by atoms with Gasteiger partial charge in [-0.1, -0.05) is 13.8 Å². The summed E-state index contributed by atoms with van der Waals surface area (Å²) in [5.41, 5.74) is 6.84. The molecule has 0 saturated heterocycles. The van der Waals surface area contributed by atoms with Crippen LogP contribution in [-0.2, 0) is 0 Å². The van der Waals surface area contributed by atoms with Gasteiger partial charge in [-0.05, 0) is 18.1 Å².